The third-order valence-corrected chi connectivity index (χ3v) is 5.30. The van der Waals surface area contributed by atoms with E-state index in [0.29, 0.717) is 0 Å². The van der Waals surface area contributed by atoms with E-state index in [2.05, 4.69) is 66.0 Å². The summed E-state index contributed by atoms with van der Waals surface area (Å²) in [6.45, 7) is 0. The van der Waals surface area contributed by atoms with Gasteiger partial charge in [-0.3, -0.25) is 0 Å². The summed E-state index contributed by atoms with van der Waals surface area (Å²) >= 11 is 3.80. The van der Waals surface area contributed by atoms with Gasteiger partial charge >= 0.3 is 0 Å². The normalized spacial score (nSPS) is 11.1. The highest BCUT2D eigenvalue weighted by Crippen LogP contribution is 2.30. The highest BCUT2D eigenvalue weighted by Gasteiger charge is 2.04. The Hall–Kier alpha value is -1.32. The monoisotopic (exact) mass is 313 g/mol. The van der Waals surface area contributed by atoms with Crippen LogP contribution in [-0.2, 0) is 12.2 Å². The molecule has 0 amide bonds. The molecule has 0 saturated carbocycles. The zero-order chi connectivity index (χ0) is 14.5. The standard InChI is InChI=1S/C18H19NS2/c1-20-11-10-14-6-8-15(9-7-14)13-21-18-12-19-17-5-3-2-4-16(17)18/h2-9,12,19H,10-11,13H2,1H3. The number of fused-ring (bicyclic) bond motifs is 1. The van der Waals surface area contributed by atoms with Crippen molar-refractivity contribution in [3.63, 3.8) is 0 Å². The minimum atomic E-state index is 1.02. The van der Waals surface area contributed by atoms with Crippen molar-refractivity contribution in [3.8, 4) is 0 Å². The van der Waals surface area contributed by atoms with E-state index in [9.17, 15) is 0 Å². The second kappa shape index (κ2) is 7.10. The topological polar surface area (TPSA) is 15.8 Å². The number of hydrogen-bond donors (Lipinski definition) is 1. The fraction of sp³-hybridized carbons (Fsp3) is 0.222. The Morgan fingerprint density at radius 1 is 0.952 bits per heavy atom. The number of aromatic amines is 1. The molecular weight excluding hydrogens is 294 g/mol. The molecule has 1 aromatic heterocycles. The van der Waals surface area contributed by atoms with E-state index in [1.54, 1.807) is 0 Å². The van der Waals surface area contributed by atoms with E-state index < -0.39 is 0 Å². The van der Waals surface area contributed by atoms with Crippen LogP contribution in [0.15, 0.2) is 59.6 Å². The lowest BCUT2D eigenvalue weighted by Crippen LogP contribution is -1.88. The zero-order valence-corrected chi connectivity index (χ0v) is 13.8. The van der Waals surface area contributed by atoms with Gasteiger partial charge in [-0.2, -0.15) is 11.8 Å². The summed E-state index contributed by atoms with van der Waals surface area (Å²) in [4.78, 5) is 4.66. The van der Waals surface area contributed by atoms with Crippen molar-refractivity contribution < 1.29 is 0 Å². The lowest BCUT2D eigenvalue weighted by atomic mass is 10.1. The molecule has 3 aromatic rings. The van der Waals surface area contributed by atoms with E-state index in [-0.39, 0.29) is 0 Å². The number of H-pyrrole nitrogens is 1. The summed E-state index contributed by atoms with van der Waals surface area (Å²) in [6, 6.07) is 17.5. The molecule has 0 bridgehead atoms. The molecule has 0 saturated heterocycles. The zero-order valence-electron chi connectivity index (χ0n) is 12.1. The number of benzene rings is 2. The first kappa shape index (κ1) is 14.6. The predicted molar refractivity (Wildman–Crippen MR) is 96.4 cm³/mol. The van der Waals surface area contributed by atoms with Crippen LogP contribution in [0.2, 0.25) is 0 Å². The third kappa shape index (κ3) is 3.66. The van der Waals surface area contributed by atoms with Crippen LogP contribution >= 0.6 is 23.5 Å². The first-order valence-electron chi connectivity index (χ1n) is 7.12. The molecule has 0 fully saturated rings. The Labute approximate surface area is 134 Å². The Morgan fingerprint density at radius 2 is 1.71 bits per heavy atom. The second-order valence-electron chi connectivity index (χ2n) is 5.05. The van der Waals surface area contributed by atoms with Gasteiger partial charge in [0.05, 0.1) is 0 Å². The van der Waals surface area contributed by atoms with Gasteiger partial charge in [0.25, 0.3) is 0 Å². The van der Waals surface area contributed by atoms with Gasteiger partial charge in [-0.25, -0.2) is 0 Å². The van der Waals surface area contributed by atoms with Gasteiger partial charge < -0.3 is 4.98 Å². The lowest BCUT2D eigenvalue weighted by molar-refractivity contribution is 1.15. The van der Waals surface area contributed by atoms with Crippen LogP contribution < -0.4 is 0 Å². The minimum Gasteiger partial charge on any atom is -0.360 e. The molecule has 0 aliphatic rings. The summed E-state index contributed by atoms with van der Waals surface area (Å²) < 4.78 is 0. The van der Waals surface area contributed by atoms with Gasteiger partial charge in [-0.15, -0.1) is 11.8 Å². The fourth-order valence-corrected chi connectivity index (χ4v) is 3.78. The number of aryl methyl sites for hydroxylation is 1. The van der Waals surface area contributed by atoms with Crippen molar-refractivity contribution in [2.24, 2.45) is 0 Å². The summed E-state index contributed by atoms with van der Waals surface area (Å²) in [5.74, 6) is 2.22. The number of hydrogen-bond acceptors (Lipinski definition) is 2. The van der Waals surface area contributed by atoms with E-state index in [1.807, 2.05) is 23.5 Å². The molecule has 0 radical (unpaired) electrons. The average Bonchev–Trinajstić information content (AvgIpc) is 2.95. The second-order valence-corrected chi connectivity index (χ2v) is 7.05. The Balaban J connectivity index is 1.64. The summed E-state index contributed by atoms with van der Waals surface area (Å²) in [5, 5.41) is 1.32. The van der Waals surface area contributed by atoms with Crippen LogP contribution in [0.4, 0.5) is 0 Å². The first-order chi connectivity index (χ1) is 10.4. The third-order valence-electron chi connectivity index (χ3n) is 3.56. The molecule has 0 aliphatic heterocycles. The molecule has 0 spiro atoms. The van der Waals surface area contributed by atoms with Gasteiger partial charge in [-0.1, -0.05) is 42.5 Å². The minimum absolute atomic E-state index is 1.02. The largest absolute Gasteiger partial charge is 0.360 e. The van der Waals surface area contributed by atoms with Crippen molar-refractivity contribution in [2.45, 2.75) is 17.1 Å². The molecule has 3 rings (SSSR count). The number of aromatic nitrogens is 1. The highest BCUT2D eigenvalue weighted by molar-refractivity contribution is 7.98. The summed E-state index contributed by atoms with van der Waals surface area (Å²) in [6.07, 6.45) is 5.44. The van der Waals surface area contributed by atoms with E-state index >= 15 is 0 Å². The van der Waals surface area contributed by atoms with Crippen molar-refractivity contribution in [2.75, 3.05) is 12.0 Å². The highest BCUT2D eigenvalue weighted by atomic mass is 32.2. The average molecular weight is 313 g/mol. The molecule has 108 valence electrons. The maximum atomic E-state index is 3.33. The van der Waals surface area contributed by atoms with Crippen molar-refractivity contribution >= 4 is 34.4 Å². The molecule has 0 atom stereocenters. The predicted octanol–water partition coefficient (Wildman–Crippen LogP) is 5.37. The fourth-order valence-electron chi connectivity index (χ4n) is 2.35. The van der Waals surface area contributed by atoms with Crippen LogP contribution in [-0.4, -0.2) is 17.0 Å². The summed E-state index contributed by atoms with van der Waals surface area (Å²) in [7, 11) is 0. The van der Waals surface area contributed by atoms with Crippen LogP contribution in [0.25, 0.3) is 10.9 Å². The van der Waals surface area contributed by atoms with Gasteiger partial charge in [0, 0.05) is 27.7 Å². The SMILES string of the molecule is CSCCc1ccc(CSc2c[nH]c3ccccc23)cc1. The van der Waals surface area contributed by atoms with Crippen LogP contribution in [0, 0.1) is 0 Å². The Morgan fingerprint density at radius 3 is 2.52 bits per heavy atom. The lowest BCUT2D eigenvalue weighted by Gasteiger charge is -2.04. The maximum absolute atomic E-state index is 3.33. The molecule has 1 heterocycles. The number of rotatable bonds is 6. The van der Waals surface area contributed by atoms with Crippen LogP contribution in [0.5, 0.6) is 0 Å². The molecule has 1 N–H and O–H groups in total. The van der Waals surface area contributed by atoms with Gasteiger partial charge in [0.1, 0.15) is 0 Å². The molecule has 1 nitrogen and oxygen atoms in total. The smallest absolute Gasteiger partial charge is 0.0465 e. The molecule has 2 aromatic carbocycles. The molecular formula is C18H19NS2. The van der Waals surface area contributed by atoms with E-state index in [0.717, 1.165) is 12.2 Å². The number of nitrogens with one attached hydrogen (secondary N) is 1. The number of para-hydroxylation sites is 1. The summed E-state index contributed by atoms with van der Waals surface area (Å²) in [5.41, 5.74) is 4.04. The molecule has 21 heavy (non-hydrogen) atoms. The van der Waals surface area contributed by atoms with Crippen LogP contribution in [0.3, 0.4) is 0 Å². The Kier molecular flexibility index (Phi) is 4.94. The van der Waals surface area contributed by atoms with Gasteiger partial charge in [-0.05, 0) is 35.6 Å². The van der Waals surface area contributed by atoms with Crippen molar-refractivity contribution in [1.82, 2.24) is 4.98 Å². The first-order valence-corrected chi connectivity index (χ1v) is 9.50. The molecule has 0 aliphatic carbocycles. The Bertz CT molecular complexity index is 701. The van der Waals surface area contributed by atoms with E-state index in [4.69, 9.17) is 0 Å². The molecule has 3 heteroatoms. The van der Waals surface area contributed by atoms with Crippen molar-refractivity contribution in [1.29, 1.82) is 0 Å². The molecule has 0 unspecified atom stereocenters. The van der Waals surface area contributed by atoms with Crippen LogP contribution in [0.1, 0.15) is 11.1 Å². The number of thioether (sulfide) groups is 2. The van der Waals surface area contributed by atoms with Gasteiger partial charge in [0.2, 0.25) is 0 Å². The van der Waals surface area contributed by atoms with Crippen molar-refractivity contribution in [3.05, 3.63) is 65.9 Å². The quantitative estimate of drug-likeness (QED) is 0.616. The van der Waals surface area contributed by atoms with E-state index in [1.165, 1.54) is 32.7 Å². The maximum Gasteiger partial charge on any atom is 0.0465 e. The van der Waals surface area contributed by atoms with Gasteiger partial charge in [0.15, 0.2) is 0 Å².